The Balaban J connectivity index is 3.03. The molecule has 3 heteroatoms. The normalized spacial score (nSPS) is 11.1. The van der Waals surface area contributed by atoms with Gasteiger partial charge in [0.1, 0.15) is 0 Å². The van der Waals surface area contributed by atoms with E-state index in [0.29, 0.717) is 17.7 Å². The third-order valence-electron chi connectivity index (χ3n) is 2.31. The van der Waals surface area contributed by atoms with Crippen LogP contribution in [0.3, 0.4) is 0 Å². The first-order valence-corrected chi connectivity index (χ1v) is 5.33. The van der Waals surface area contributed by atoms with Gasteiger partial charge in [-0.3, -0.25) is 4.79 Å². The molecular formula is C12H19NO2. The molecule has 0 spiro atoms. The molecule has 84 valence electrons. The van der Waals surface area contributed by atoms with E-state index in [-0.39, 0.29) is 5.97 Å². The second-order valence-electron chi connectivity index (χ2n) is 4.41. The summed E-state index contributed by atoms with van der Waals surface area (Å²) in [5.41, 5.74) is 2.38. The Morgan fingerprint density at radius 1 is 1.27 bits per heavy atom. The predicted octanol–water partition coefficient (Wildman–Crippen LogP) is 3.19. The van der Waals surface area contributed by atoms with E-state index >= 15 is 0 Å². The third-order valence-corrected chi connectivity index (χ3v) is 2.31. The maximum absolute atomic E-state index is 10.8. The fraction of sp³-hybridized carbons (Fsp3) is 0.583. The van der Waals surface area contributed by atoms with Crippen LogP contribution in [0.2, 0.25) is 0 Å². The van der Waals surface area contributed by atoms with Crippen LogP contribution in [0.25, 0.3) is 0 Å². The minimum absolute atomic E-state index is 0.290. The van der Waals surface area contributed by atoms with E-state index in [4.69, 9.17) is 4.74 Å². The maximum Gasteiger partial charge on any atom is 0.309 e. The lowest BCUT2D eigenvalue weighted by Gasteiger charge is -2.09. The third kappa shape index (κ3) is 2.85. The first-order chi connectivity index (χ1) is 6.91. The summed E-state index contributed by atoms with van der Waals surface area (Å²) < 4.78 is 5.04. The zero-order valence-corrected chi connectivity index (χ0v) is 10.0. The maximum atomic E-state index is 10.8. The van der Waals surface area contributed by atoms with Crippen molar-refractivity contribution in [3.8, 4) is 5.88 Å². The van der Waals surface area contributed by atoms with E-state index in [1.165, 1.54) is 12.5 Å². The van der Waals surface area contributed by atoms with Crippen molar-refractivity contribution in [3.05, 3.63) is 17.3 Å². The van der Waals surface area contributed by atoms with Gasteiger partial charge in [0.15, 0.2) is 0 Å². The lowest BCUT2D eigenvalue weighted by molar-refractivity contribution is -0.132. The summed E-state index contributed by atoms with van der Waals surface area (Å²) in [4.78, 5) is 14.0. The van der Waals surface area contributed by atoms with E-state index < -0.39 is 0 Å². The summed E-state index contributed by atoms with van der Waals surface area (Å²) in [6.07, 6.45) is 0. The SMILES string of the molecule is CC(=O)Oc1cc(C(C)C)c(C(C)C)[nH]1. The van der Waals surface area contributed by atoms with Gasteiger partial charge in [0, 0.05) is 18.7 Å². The Labute approximate surface area is 90.8 Å². The topological polar surface area (TPSA) is 42.1 Å². The molecule has 1 heterocycles. The van der Waals surface area contributed by atoms with Crippen LogP contribution >= 0.6 is 0 Å². The van der Waals surface area contributed by atoms with E-state index in [0.717, 1.165) is 5.69 Å². The number of aromatic nitrogens is 1. The number of carbonyl (C=O) groups excluding carboxylic acids is 1. The van der Waals surface area contributed by atoms with Crippen LogP contribution < -0.4 is 4.74 Å². The summed E-state index contributed by atoms with van der Waals surface area (Å²) in [6, 6.07) is 1.92. The Morgan fingerprint density at radius 3 is 2.20 bits per heavy atom. The smallest absolute Gasteiger partial charge is 0.309 e. The summed E-state index contributed by atoms with van der Waals surface area (Å²) >= 11 is 0. The minimum Gasteiger partial charge on any atom is -0.410 e. The highest BCUT2D eigenvalue weighted by molar-refractivity contribution is 5.68. The Bertz CT molecular complexity index is 325. The molecule has 0 fully saturated rings. The molecule has 1 N–H and O–H groups in total. The average molecular weight is 209 g/mol. The molecular weight excluding hydrogens is 190 g/mol. The first-order valence-electron chi connectivity index (χ1n) is 5.33. The van der Waals surface area contributed by atoms with Crippen molar-refractivity contribution in [2.75, 3.05) is 0 Å². The Hall–Kier alpha value is -1.25. The van der Waals surface area contributed by atoms with Crippen LogP contribution in [0.5, 0.6) is 5.88 Å². The molecule has 0 aromatic carbocycles. The van der Waals surface area contributed by atoms with Crippen molar-refractivity contribution >= 4 is 5.97 Å². The van der Waals surface area contributed by atoms with Gasteiger partial charge in [-0.25, -0.2) is 0 Å². The van der Waals surface area contributed by atoms with E-state index in [2.05, 4.69) is 32.7 Å². The molecule has 0 radical (unpaired) electrons. The molecule has 0 amide bonds. The molecule has 15 heavy (non-hydrogen) atoms. The molecule has 1 rings (SSSR count). The lowest BCUT2D eigenvalue weighted by Crippen LogP contribution is -2.01. The monoisotopic (exact) mass is 209 g/mol. The van der Waals surface area contributed by atoms with Crippen molar-refractivity contribution in [1.82, 2.24) is 4.98 Å². The molecule has 0 unspecified atom stereocenters. The molecule has 1 aromatic heterocycles. The number of H-pyrrole nitrogens is 1. The van der Waals surface area contributed by atoms with Gasteiger partial charge < -0.3 is 9.72 Å². The van der Waals surface area contributed by atoms with Crippen LogP contribution in [0.1, 0.15) is 57.7 Å². The van der Waals surface area contributed by atoms with Gasteiger partial charge in [-0.15, -0.1) is 0 Å². The number of hydrogen-bond donors (Lipinski definition) is 1. The molecule has 1 aromatic rings. The van der Waals surface area contributed by atoms with Gasteiger partial charge in [0.25, 0.3) is 0 Å². The Morgan fingerprint density at radius 2 is 1.87 bits per heavy atom. The highest BCUT2D eigenvalue weighted by atomic mass is 16.5. The molecule has 3 nitrogen and oxygen atoms in total. The van der Waals surface area contributed by atoms with Crippen LogP contribution in [-0.2, 0) is 4.79 Å². The fourth-order valence-corrected chi connectivity index (χ4v) is 1.63. The summed E-state index contributed by atoms with van der Waals surface area (Å²) in [6.45, 7) is 9.91. The zero-order chi connectivity index (χ0) is 11.6. The quantitative estimate of drug-likeness (QED) is 0.777. The molecule has 0 aliphatic rings. The van der Waals surface area contributed by atoms with E-state index in [9.17, 15) is 4.79 Å². The van der Waals surface area contributed by atoms with E-state index in [1.807, 2.05) is 6.07 Å². The molecule has 0 bridgehead atoms. The number of nitrogens with one attached hydrogen (secondary N) is 1. The lowest BCUT2D eigenvalue weighted by atomic mass is 9.98. The van der Waals surface area contributed by atoms with Gasteiger partial charge in [-0.1, -0.05) is 27.7 Å². The van der Waals surface area contributed by atoms with Crippen molar-refractivity contribution in [3.63, 3.8) is 0 Å². The van der Waals surface area contributed by atoms with Gasteiger partial charge in [0.05, 0.1) is 0 Å². The second kappa shape index (κ2) is 4.51. The highest BCUT2D eigenvalue weighted by Crippen LogP contribution is 2.29. The predicted molar refractivity (Wildman–Crippen MR) is 60.3 cm³/mol. The van der Waals surface area contributed by atoms with Gasteiger partial charge in [-0.05, 0) is 17.4 Å². The second-order valence-corrected chi connectivity index (χ2v) is 4.41. The zero-order valence-electron chi connectivity index (χ0n) is 10.0. The highest BCUT2D eigenvalue weighted by Gasteiger charge is 2.15. The average Bonchev–Trinajstić information content (AvgIpc) is 2.46. The van der Waals surface area contributed by atoms with Crippen LogP contribution in [0, 0.1) is 0 Å². The van der Waals surface area contributed by atoms with Crippen molar-refractivity contribution in [2.24, 2.45) is 0 Å². The number of aromatic amines is 1. The number of esters is 1. The molecule has 0 saturated carbocycles. The molecule has 0 aliphatic heterocycles. The van der Waals surface area contributed by atoms with Crippen LogP contribution in [-0.4, -0.2) is 11.0 Å². The van der Waals surface area contributed by atoms with Crippen molar-refractivity contribution < 1.29 is 9.53 Å². The first kappa shape index (κ1) is 11.8. The molecule has 0 saturated heterocycles. The van der Waals surface area contributed by atoms with Gasteiger partial charge in [0.2, 0.25) is 5.88 Å². The van der Waals surface area contributed by atoms with Gasteiger partial charge >= 0.3 is 5.97 Å². The van der Waals surface area contributed by atoms with E-state index in [1.54, 1.807) is 0 Å². The largest absolute Gasteiger partial charge is 0.410 e. The number of ether oxygens (including phenoxy) is 1. The summed E-state index contributed by atoms with van der Waals surface area (Å²) in [5.74, 6) is 1.10. The summed E-state index contributed by atoms with van der Waals surface area (Å²) in [5, 5.41) is 0. The van der Waals surface area contributed by atoms with Crippen molar-refractivity contribution in [1.29, 1.82) is 0 Å². The summed E-state index contributed by atoms with van der Waals surface area (Å²) in [7, 11) is 0. The minimum atomic E-state index is -0.290. The molecule has 0 atom stereocenters. The number of rotatable bonds is 3. The Kier molecular flexibility index (Phi) is 3.56. The van der Waals surface area contributed by atoms with Crippen molar-refractivity contribution in [2.45, 2.75) is 46.5 Å². The standard InChI is InChI=1S/C12H19NO2/c1-7(2)10-6-11(15-9(5)14)13-12(10)8(3)4/h6-8,13H,1-5H3. The van der Waals surface area contributed by atoms with Crippen LogP contribution in [0.15, 0.2) is 6.07 Å². The van der Waals surface area contributed by atoms with Crippen LogP contribution in [0.4, 0.5) is 0 Å². The number of carbonyl (C=O) groups is 1. The van der Waals surface area contributed by atoms with Gasteiger partial charge in [-0.2, -0.15) is 0 Å². The molecule has 0 aliphatic carbocycles. The number of hydrogen-bond acceptors (Lipinski definition) is 2. The fourth-order valence-electron chi connectivity index (χ4n) is 1.63.